The van der Waals surface area contributed by atoms with Crippen LogP contribution in [0.3, 0.4) is 0 Å². The number of benzene rings is 2. The van der Waals surface area contributed by atoms with Crippen LogP contribution in [0.25, 0.3) is 0 Å². The summed E-state index contributed by atoms with van der Waals surface area (Å²) in [6.07, 6.45) is 2.04. The summed E-state index contributed by atoms with van der Waals surface area (Å²) in [5.74, 6) is -0.0972. The second-order valence-corrected chi connectivity index (χ2v) is 8.37. The molecule has 1 aliphatic heterocycles. The van der Waals surface area contributed by atoms with E-state index in [0.29, 0.717) is 17.8 Å². The Labute approximate surface area is 193 Å². The van der Waals surface area contributed by atoms with Crippen LogP contribution >= 0.6 is 0 Å². The summed E-state index contributed by atoms with van der Waals surface area (Å²) in [5, 5.41) is 11.8. The number of nitrogens with one attached hydrogen (secondary N) is 1. The lowest BCUT2D eigenvalue weighted by molar-refractivity contribution is -0.134. The molecule has 2 aromatic carbocycles. The van der Waals surface area contributed by atoms with Gasteiger partial charge in [-0.15, -0.1) is 0 Å². The van der Waals surface area contributed by atoms with E-state index in [2.05, 4.69) is 22.0 Å². The summed E-state index contributed by atoms with van der Waals surface area (Å²) in [5.41, 5.74) is 3.21. The molecule has 7 heteroatoms. The van der Waals surface area contributed by atoms with Gasteiger partial charge in [-0.3, -0.25) is 4.79 Å². The summed E-state index contributed by atoms with van der Waals surface area (Å²) < 4.78 is 2.18. The predicted octanol–water partition coefficient (Wildman–Crippen LogP) is 4.23. The molecule has 0 spiro atoms. The van der Waals surface area contributed by atoms with Crippen LogP contribution < -0.4 is 5.32 Å². The van der Waals surface area contributed by atoms with Gasteiger partial charge in [-0.1, -0.05) is 30.3 Å². The number of nitriles is 1. The molecule has 168 valence electrons. The Morgan fingerprint density at radius 3 is 2.45 bits per heavy atom. The number of nitrogens with zero attached hydrogens (tertiary/aromatic N) is 4. The maximum atomic E-state index is 13.5. The summed E-state index contributed by atoms with van der Waals surface area (Å²) in [6, 6.07) is 22.0. The van der Waals surface area contributed by atoms with Gasteiger partial charge in [0.1, 0.15) is 6.54 Å². The third-order valence-electron chi connectivity index (χ3n) is 5.93. The molecule has 0 fully saturated rings. The average molecular weight is 442 g/mol. The zero-order valence-electron chi connectivity index (χ0n) is 18.8. The van der Waals surface area contributed by atoms with Crippen LogP contribution in [0, 0.1) is 11.3 Å². The summed E-state index contributed by atoms with van der Waals surface area (Å²) in [7, 11) is 0. The molecule has 0 bridgehead atoms. The minimum absolute atomic E-state index is 0.0240. The third-order valence-corrected chi connectivity index (χ3v) is 5.93. The Balaban J connectivity index is 1.54. The smallest absolute Gasteiger partial charge is 0.322 e. The molecule has 1 atom stereocenters. The van der Waals surface area contributed by atoms with Crippen molar-refractivity contribution in [2.24, 2.45) is 0 Å². The van der Waals surface area contributed by atoms with Crippen LogP contribution in [0.2, 0.25) is 0 Å². The van der Waals surface area contributed by atoms with Crippen LogP contribution in [0.4, 0.5) is 10.5 Å². The lowest BCUT2D eigenvalue weighted by atomic mass is 10.00. The van der Waals surface area contributed by atoms with Crippen molar-refractivity contribution in [3.05, 3.63) is 89.7 Å². The van der Waals surface area contributed by atoms with Gasteiger partial charge in [-0.2, -0.15) is 5.26 Å². The number of hydrogen-bond donors (Lipinski definition) is 1. The normalized spacial score (nSPS) is 15.0. The van der Waals surface area contributed by atoms with Gasteiger partial charge >= 0.3 is 6.03 Å². The molecule has 0 aliphatic carbocycles. The van der Waals surface area contributed by atoms with Gasteiger partial charge in [-0.05, 0) is 55.8 Å². The average Bonchev–Trinajstić information content (AvgIpc) is 3.31. The standard InChI is InChI=1S/C26H27N5O2/c1-19(2)31(26(33)28-22-12-10-20(17-27)11-13-22)18-24(32)30-16-15-29-14-6-9-23(29)25(30)21-7-4-3-5-8-21/h3-14,19,25H,15-16,18H2,1-2H3,(H,28,33). The zero-order chi connectivity index (χ0) is 23.4. The van der Waals surface area contributed by atoms with E-state index in [9.17, 15) is 9.59 Å². The maximum absolute atomic E-state index is 13.5. The second-order valence-electron chi connectivity index (χ2n) is 8.37. The van der Waals surface area contributed by atoms with E-state index >= 15 is 0 Å². The molecule has 2 heterocycles. The molecule has 1 aliphatic rings. The first-order valence-electron chi connectivity index (χ1n) is 11.0. The highest BCUT2D eigenvalue weighted by molar-refractivity contribution is 5.92. The Morgan fingerprint density at radius 1 is 1.06 bits per heavy atom. The van der Waals surface area contributed by atoms with E-state index in [1.807, 2.05) is 61.3 Å². The SMILES string of the molecule is CC(C)N(CC(=O)N1CCn2cccc2C1c1ccccc1)C(=O)Nc1ccc(C#N)cc1. The van der Waals surface area contributed by atoms with Gasteiger partial charge < -0.3 is 19.7 Å². The van der Waals surface area contributed by atoms with Crippen molar-refractivity contribution in [1.29, 1.82) is 5.26 Å². The van der Waals surface area contributed by atoms with E-state index in [1.165, 1.54) is 4.90 Å². The van der Waals surface area contributed by atoms with E-state index in [4.69, 9.17) is 5.26 Å². The van der Waals surface area contributed by atoms with Crippen LogP contribution in [-0.4, -0.2) is 45.4 Å². The molecule has 4 rings (SSSR count). The molecule has 3 aromatic rings. The van der Waals surface area contributed by atoms with Gasteiger partial charge in [0.25, 0.3) is 0 Å². The molecule has 0 saturated carbocycles. The zero-order valence-corrected chi connectivity index (χ0v) is 18.8. The number of hydrogen-bond acceptors (Lipinski definition) is 3. The van der Waals surface area contributed by atoms with Crippen molar-refractivity contribution in [3.63, 3.8) is 0 Å². The van der Waals surface area contributed by atoms with Gasteiger partial charge in [0.2, 0.25) is 5.91 Å². The van der Waals surface area contributed by atoms with E-state index < -0.39 is 0 Å². The Morgan fingerprint density at radius 2 is 1.79 bits per heavy atom. The highest BCUT2D eigenvalue weighted by atomic mass is 16.2. The number of fused-ring (bicyclic) bond motifs is 1. The van der Waals surface area contributed by atoms with Gasteiger partial charge in [0, 0.05) is 36.7 Å². The lowest BCUT2D eigenvalue weighted by Crippen LogP contribution is -2.50. The van der Waals surface area contributed by atoms with Crippen LogP contribution in [-0.2, 0) is 11.3 Å². The first kappa shape index (κ1) is 22.2. The fourth-order valence-electron chi connectivity index (χ4n) is 4.19. The highest BCUT2D eigenvalue weighted by Gasteiger charge is 2.33. The van der Waals surface area contributed by atoms with Crippen molar-refractivity contribution in [3.8, 4) is 6.07 Å². The highest BCUT2D eigenvalue weighted by Crippen LogP contribution is 2.32. The quantitative estimate of drug-likeness (QED) is 0.643. The third kappa shape index (κ3) is 4.75. The molecular formula is C26H27N5O2. The Bertz CT molecular complexity index is 1160. The van der Waals surface area contributed by atoms with Gasteiger partial charge in [0.05, 0.1) is 17.7 Å². The lowest BCUT2D eigenvalue weighted by Gasteiger charge is -2.39. The molecule has 1 aromatic heterocycles. The maximum Gasteiger partial charge on any atom is 0.322 e. The van der Waals surface area contributed by atoms with E-state index in [0.717, 1.165) is 17.8 Å². The summed E-state index contributed by atoms with van der Waals surface area (Å²) in [4.78, 5) is 29.9. The minimum Gasteiger partial charge on any atom is -0.348 e. The number of amides is 3. The largest absolute Gasteiger partial charge is 0.348 e. The fraction of sp³-hybridized carbons (Fsp3) is 0.269. The van der Waals surface area contributed by atoms with Crippen LogP contribution in [0.1, 0.15) is 36.7 Å². The van der Waals surface area contributed by atoms with Crippen molar-refractivity contribution in [2.75, 3.05) is 18.4 Å². The number of anilines is 1. The first-order chi connectivity index (χ1) is 16.0. The van der Waals surface area contributed by atoms with Crippen molar-refractivity contribution >= 4 is 17.6 Å². The predicted molar refractivity (Wildman–Crippen MR) is 126 cm³/mol. The molecule has 3 amide bonds. The molecular weight excluding hydrogens is 414 g/mol. The number of carbonyl (C=O) groups excluding carboxylic acids is 2. The van der Waals surface area contributed by atoms with Crippen LogP contribution in [0.15, 0.2) is 72.9 Å². The molecule has 1 N–H and O–H groups in total. The fourth-order valence-corrected chi connectivity index (χ4v) is 4.19. The summed E-state index contributed by atoms with van der Waals surface area (Å²) in [6.45, 7) is 5.05. The molecule has 33 heavy (non-hydrogen) atoms. The first-order valence-corrected chi connectivity index (χ1v) is 11.0. The number of aromatic nitrogens is 1. The molecule has 7 nitrogen and oxygen atoms in total. The van der Waals surface area contributed by atoms with E-state index in [-0.39, 0.29) is 30.6 Å². The van der Waals surface area contributed by atoms with E-state index in [1.54, 1.807) is 24.3 Å². The van der Waals surface area contributed by atoms with Crippen LogP contribution in [0.5, 0.6) is 0 Å². The van der Waals surface area contributed by atoms with Crippen molar-refractivity contribution < 1.29 is 9.59 Å². The van der Waals surface area contributed by atoms with Gasteiger partial charge in [0.15, 0.2) is 0 Å². The molecule has 0 radical (unpaired) electrons. The summed E-state index contributed by atoms with van der Waals surface area (Å²) >= 11 is 0. The number of carbonyl (C=O) groups is 2. The number of rotatable bonds is 5. The molecule has 0 saturated heterocycles. The second kappa shape index (κ2) is 9.61. The Hall–Kier alpha value is -4.05. The molecule has 1 unspecified atom stereocenters. The van der Waals surface area contributed by atoms with Crippen molar-refractivity contribution in [1.82, 2.24) is 14.4 Å². The minimum atomic E-state index is -0.347. The van der Waals surface area contributed by atoms with Crippen molar-refractivity contribution in [2.45, 2.75) is 32.5 Å². The topological polar surface area (TPSA) is 81.4 Å². The number of urea groups is 1. The Kier molecular flexibility index (Phi) is 6.45. The van der Waals surface area contributed by atoms with Gasteiger partial charge in [-0.25, -0.2) is 4.79 Å². The monoisotopic (exact) mass is 441 g/mol.